The molecule has 0 bridgehead atoms. The third kappa shape index (κ3) is 5.79. The van der Waals surface area contributed by atoms with Crippen molar-refractivity contribution in [1.82, 2.24) is 5.32 Å². The normalized spacial score (nSPS) is 11.7. The minimum atomic E-state index is -1.06. The maximum Gasteiger partial charge on any atom is 0.333 e. The molecule has 0 aromatic heterocycles. The van der Waals surface area contributed by atoms with Gasteiger partial charge in [0.1, 0.15) is 11.6 Å². The van der Waals surface area contributed by atoms with Crippen molar-refractivity contribution in [1.29, 1.82) is 0 Å². The number of carbonyl (C=O) groups is 2. The van der Waals surface area contributed by atoms with Crippen LogP contribution in [0.25, 0.3) is 0 Å². The first-order valence-corrected chi connectivity index (χ1v) is 8.48. The number of ether oxygens (including phenoxy) is 2. The molecule has 2 rings (SSSR count). The molecule has 2 aromatic rings. The summed E-state index contributed by atoms with van der Waals surface area (Å²) in [6.07, 6.45) is -0.857. The second-order valence-electron chi connectivity index (χ2n) is 5.83. The van der Waals surface area contributed by atoms with Gasteiger partial charge in [-0.2, -0.15) is 0 Å². The van der Waals surface area contributed by atoms with Crippen molar-refractivity contribution in [3.05, 3.63) is 65.0 Å². The molecular formula is C20H22FNO5. The van der Waals surface area contributed by atoms with E-state index >= 15 is 0 Å². The molecule has 0 aliphatic carbocycles. The highest BCUT2D eigenvalue weighted by atomic mass is 19.1. The molecule has 0 radical (unpaired) electrons. The fourth-order valence-electron chi connectivity index (χ4n) is 2.57. The molecule has 7 heteroatoms. The number of carboxylic acid groups (broad SMARTS) is 1. The van der Waals surface area contributed by atoms with Gasteiger partial charge in [-0.25, -0.2) is 9.18 Å². The Morgan fingerprint density at radius 2 is 1.81 bits per heavy atom. The Bertz CT molecular complexity index is 791. The molecule has 0 saturated carbocycles. The van der Waals surface area contributed by atoms with Crippen molar-refractivity contribution in [2.45, 2.75) is 26.0 Å². The predicted octanol–water partition coefficient (Wildman–Crippen LogP) is 2.80. The zero-order valence-corrected chi connectivity index (χ0v) is 15.2. The number of rotatable bonds is 9. The van der Waals surface area contributed by atoms with Crippen LogP contribution in [0.1, 0.15) is 28.4 Å². The summed E-state index contributed by atoms with van der Waals surface area (Å²) < 4.78 is 23.4. The third-order valence-corrected chi connectivity index (χ3v) is 3.94. The van der Waals surface area contributed by atoms with E-state index in [4.69, 9.17) is 9.47 Å². The van der Waals surface area contributed by atoms with E-state index in [2.05, 4.69) is 5.32 Å². The Balaban J connectivity index is 2.14. The van der Waals surface area contributed by atoms with Gasteiger partial charge in [0.05, 0.1) is 12.7 Å². The molecule has 0 aliphatic rings. The van der Waals surface area contributed by atoms with Crippen LogP contribution < -0.4 is 10.1 Å². The van der Waals surface area contributed by atoms with Gasteiger partial charge in [-0.1, -0.05) is 18.2 Å². The summed E-state index contributed by atoms with van der Waals surface area (Å²) in [5.74, 6) is -1.41. The lowest BCUT2D eigenvalue weighted by atomic mass is 10.0. The quantitative estimate of drug-likeness (QED) is 0.704. The van der Waals surface area contributed by atoms with Crippen molar-refractivity contribution in [3.63, 3.8) is 0 Å². The summed E-state index contributed by atoms with van der Waals surface area (Å²) in [7, 11) is 1.45. The monoisotopic (exact) mass is 375 g/mol. The topological polar surface area (TPSA) is 84.9 Å². The number of nitrogens with one attached hydrogen (secondary N) is 1. The van der Waals surface area contributed by atoms with E-state index in [9.17, 15) is 19.1 Å². The zero-order chi connectivity index (χ0) is 19.8. The average Bonchev–Trinajstić information content (AvgIpc) is 2.66. The molecule has 0 heterocycles. The largest absolute Gasteiger partial charge is 0.496 e. The van der Waals surface area contributed by atoms with E-state index in [0.717, 1.165) is 5.56 Å². The maximum atomic E-state index is 13.0. The van der Waals surface area contributed by atoms with Crippen LogP contribution in [-0.4, -0.2) is 36.8 Å². The maximum absolute atomic E-state index is 13.0. The molecule has 2 aromatic carbocycles. The first-order valence-electron chi connectivity index (χ1n) is 8.48. The number of methoxy groups -OCH3 is 1. The summed E-state index contributed by atoms with van der Waals surface area (Å²) in [6.45, 7) is 2.22. The summed E-state index contributed by atoms with van der Waals surface area (Å²) in [5, 5.41) is 12.0. The Morgan fingerprint density at radius 1 is 1.15 bits per heavy atom. The fraction of sp³-hybridized carbons (Fsp3) is 0.300. The van der Waals surface area contributed by atoms with Crippen molar-refractivity contribution < 1.29 is 28.6 Å². The number of aliphatic carboxylic acids is 1. The molecule has 144 valence electrons. The molecule has 1 unspecified atom stereocenters. The van der Waals surface area contributed by atoms with Gasteiger partial charge < -0.3 is 19.9 Å². The molecule has 0 aliphatic heterocycles. The van der Waals surface area contributed by atoms with Gasteiger partial charge in [-0.3, -0.25) is 4.79 Å². The third-order valence-electron chi connectivity index (χ3n) is 3.94. The molecule has 0 fully saturated rings. The van der Waals surface area contributed by atoms with Crippen LogP contribution in [-0.2, 0) is 22.5 Å². The second kappa shape index (κ2) is 9.68. The van der Waals surface area contributed by atoms with Crippen LogP contribution in [0, 0.1) is 5.82 Å². The Kier molecular flexibility index (Phi) is 7.31. The fourth-order valence-corrected chi connectivity index (χ4v) is 2.57. The number of amides is 1. The molecule has 1 amide bonds. The molecule has 2 N–H and O–H groups in total. The summed E-state index contributed by atoms with van der Waals surface area (Å²) in [6, 6.07) is 10.7. The van der Waals surface area contributed by atoms with E-state index in [1.54, 1.807) is 37.3 Å². The number of halogens is 1. The number of benzene rings is 2. The van der Waals surface area contributed by atoms with E-state index < -0.39 is 12.1 Å². The van der Waals surface area contributed by atoms with E-state index in [0.29, 0.717) is 11.3 Å². The highest BCUT2D eigenvalue weighted by molar-refractivity contribution is 5.97. The molecule has 27 heavy (non-hydrogen) atoms. The molecule has 0 saturated heterocycles. The number of hydrogen-bond donors (Lipinski definition) is 2. The highest BCUT2D eigenvalue weighted by Gasteiger charge is 2.20. The van der Waals surface area contributed by atoms with E-state index in [1.165, 1.54) is 19.2 Å². The van der Waals surface area contributed by atoms with Crippen LogP contribution in [0.5, 0.6) is 5.75 Å². The lowest BCUT2D eigenvalue weighted by Crippen LogP contribution is -2.27. The van der Waals surface area contributed by atoms with Crippen LogP contribution >= 0.6 is 0 Å². The first kappa shape index (κ1) is 20.4. The Morgan fingerprint density at radius 3 is 2.41 bits per heavy atom. The van der Waals surface area contributed by atoms with Crippen molar-refractivity contribution in [2.75, 3.05) is 13.7 Å². The minimum absolute atomic E-state index is 0.130. The van der Waals surface area contributed by atoms with Crippen LogP contribution in [0.2, 0.25) is 0 Å². The Labute approximate surface area is 156 Å². The lowest BCUT2D eigenvalue weighted by Gasteiger charge is -2.15. The van der Waals surface area contributed by atoms with Gasteiger partial charge in [0.2, 0.25) is 0 Å². The van der Waals surface area contributed by atoms with Crippen molar-refractivity contribution in [2.24, 2.45) is 0 Å². The standard InChI is InChI=1S/C20H22FNO5/c1-3-27-18(20(24)25)11-14-6-9-17(26-2)16(10-14)19(23)22-12-13-4-7-15(21)8-5-13/h4-10,18H,3,11-12H2,1-2H3,(H,22,23)(H,24,25). The molecular weight excluding hydrogens is 353 g/mol. The van der Waals surface area contributed by atoms with E-state index in [-0.39, 0.29) is 36.9 Å². The number of carboxylic acids is 1. The number of hydrogen-bond acceptors (Lipinski definition) is 4. The lowest BCUT2D eigenvalue weighted by molar-refractivity contribution is -0.149. The number of carbonyl (C=O) groups excluding carboxylic acids is 1. The van der Waals surface area contributed by atoms with Gasteiger partial charge in [-0.15, -0.1) is 0 Å². The summed E-state index contributed by atoms with van der Waals surface area (Å²) in [5.41, 5.74) is 1.68. The second-order valence-corrected chi connectivity index (χ2v) is 5.83. The molecule has 1 atom stereocenters. The van der Waals surface area contributed by atoms with Gasteiger partial charge in [0, 0.05) is 19.6 Å². The predicted molar refractivity (Wildman–Crippen MR) is 97.3 cm³/mol. The summed E-state index contributed by atoms with van der Waals surface area (Å²) in [4.78, 5) is 23.8. The van der Waals surface area contributed by atoms with Gasteiger partial charge in [0.15, 0.2) is 6.10 Å². The van der Waals surface area contributed by atoms with Crippen LogP contribution in [0.15, 0.2) is 42.5 Å². The van der Waals surface area contributed by atoms with Gasteiger partial charge >= 0.3 is 5.97 Å². The first-order chi connectivity index (χ1) is 12.9. The molecule has 6 nitrogen and oxygen atoms in total. The Hall–Kier alpha value is -2.93. The summed E-state index contributed by atoms with van der Waals surface area (Å²) >= 11 is 0. The van der Waals surface area contributed by atoms with Gasteiger partial charge in [-0.05, 0) is 42.3 Å². The van der Waals surface area contributed by atoms with Crippen molar-refractivity contribution in [3.8, 4) is 5.75 Å². The van der Waals surface area contributed by atoms with Crippen molar-refractivity contribution >= 4 is 11.9 Å². The van der Waals surface area contributed by atoms with Crippen LogP contribution in [0.4, 0.5) is 4.39 Å². The zero-order valence-electron chi connectivity index (χ0n) is 15.2. The smallest absolute Gasteiger partial charge is 0.333 e. The van der Waals surface area contributed by atoms with Gasteiger partial charge in [0.25, 0.3) is 5.91 Å². The SMILES string of the molecule is CCOC(Cc1ccc(OC)c(C(=O)NCc2ccc(F)cc2)c1)C(=O)O. The van der Waals surface area contributed by atoms with Crippen LogP contribution in [0.3, 0.4) is 0 Å². The highest BCUT2D eigenvalue weighted by Crippen LogP contribution is 2.21. The molecule has 0 spiro atoms. The average molecular weight is 375 g/mol. The van der Waals surface area contributed by atoms with E-state index in [1.807, 2.05) is 0 Å². The minimum Gasteiger partial charge on any atom is -0.496 e.